The Balaban J connectivity index is 2.58. The van der Waals surface area contributed by atoms with Crippen molar-refractivity contribution < 1.29 is 32.0 Å². The second kappa shape index (κ2) is 7.60. The molecule has 8 nitrogen and oxygen atoms in total. The third-order valence-electron chi connectivity index (χ3n) is 2.37. The van der Waals surface area contributed by atoms with E-state index in [4.69, 9.17) is 9.29 Å². The number of carbonyl (C=O) groups is 2. The van der Waals surface area contributed by atoms with Crippen LogP contribution in [0.4, 0.5) is 4.79 Å². The quantitative estimate of drug-likeness (QED) is 0.573. The molecule has 0 bridgehead atoms. The van der Waals surface area contributed by atoms with Crippen molar-refractivity contribution in [1.29, 1.82) is 0 Å². The van der Waals surface area contributed by atoms with Crippen molar-refractivity contribution in [3.8, 4) is 0 Å². The number of alkyl carbamates (subject to hydrolysis) is 1. The first-order chi connectivity index (χ1) is 9.81. The van der Waals surface area contributed by atoms with Gasteiger partial charge in [0.2, 0.25) is 0 Å². The number of amides is 1. The highest BCUT2D eigenvalue weighted by atomic mass is 32.2. The highest BCUT2D eigenvalue weighted by Crippen LogP contribution is 2.01. The number of rotatable bonds is 6. The number of ether oxygens (including phenoxy) is 2. The van der Waals surface area contributed by atoms with E-state index in [0.717, 1.165) is 12.7 Å². The molecule has 0 aliphatic rings. The van der Waals surface area contributed by atoms with Gasteiger partial charge >= 0.3 is 12.1 Å². The predicted octanol–water partition coefficient (Wildman–Crippen LogP) is 0.342. The van der Waals surface area contributed by atoms with E-state index in [1.165, 1.54) is 0 Å². The summed E-state index contributed by atoms with van der Waals surface area (Å²) < 4.78 is 39.5. The molecule has 1 amide bonds. The molecule has 0 saturated carbocycles. The molecular weight excluding hydrogens is 302 g/mol. The summed E-state index contributed by atoms with van der Waals surface area (Å²) in [5.74, 6) is -2.01. The molecule has 0 spiro atoms. The first kappa shape index (κ1) is 16.9. The maximum absolute atomic E-state index is 11.5. The molecule has 1 aromatic carbocycles. The normalized spacial score (nSPS) is 12.3. The third-order valence-corrected chi connectivity index (χ3v) is 3.12. The van der Waals surface area contributed by atoms with Gasteiger partial charge in [0.05, 0.1) is 7.11 Å². The second-order valence-electron chi connectivity index (χ2n) is 4.03. The second-order valence-corrected chi connectivity index (χ2v) is 5.53. The molecule has 0 saturated heterocycles. The van der Waals surface area contributed by atoms with Crippen molar-refractivity contribution in [2.45, 2.75) is 12.6 Å². The maximum Gasteiger partial charge on any atom is 0.408 e. The molecule has 1 rings (SSSR count). The molecule has 9 heteroatoms. The first-order valence-corrected chi connectivity index (χ1v) is 7.43. The third kappa shape index (κ3) is 6.72. The zero-order valence-electron chi connectivity index (χ0n) is 11.2. The lowest BCUT2D eigenvalue weighted by atomic mass is 10.2. The largest absolute Gasteiger partial charge is 0.467 e. The highest BCUT2D eigenvalue weighted by molar-refractivity contribution is 7.85. The smallest absolute Gasteiger partial charge is 0.408 e. The van der Waals surface area contributed by atoms with E-state index in [2.05, 4.69) is 4.74 Å². The van der Waals surface area contributed by atoms with Gasteiger partial charge in [0.1, 0.15) is 18.4 Å². The molecule has 0 radical (unpaired) electrons. The van der Waals surface area contributed by atoms with Crippen LogP contribution in [0.2, 0.25) is 0 Å². The average molecular weight is 317 g/mol. The number of methoxy groups -OCH3 is 1. The summed E-state index contributed by atoms with van der Waals surface area (Å²) in [4.78, 5) is 22.8. The van der Waals surface area contributed by atoms with E-state index in [1.807, 2.05) is 5.32 Å². The molecule has 1 unspecified atom stereocenters. The summed E-state index contributed by atoms with van der Waals surface area (Å²) in [5, 5.41) is 2.02. The zero-order valence-corrected chi connectivity index (χ0v) is 12.0. The van der Waals surface area contributed by atoms with Gasteiger partial charge in [0.15, 0.2) is 0 Å². The standard InChI is InChI=1S/C12H15NO7S/c1-19-11(14)10(8-21(16,17)18)13-12(15)20-7-9-5-3-2-4-6-9/h2-6,10H,7-8H2,1H3,(H,13,15)(H,16,17,18). The molecule has 2 N–H and O–H groups in total. The Morgan fingerprint density at radius 3 is 2.43 bits per heavy atom. The lowest BCUT2D eigenvalue weighted by molar-refractivity contribution is -0.142. The molecule has 0 aliphatic carbocycles. The Hall–Kier alpha value is -2.13. The molecule has 0 fully saturated rings. The lowest BCUT2D eigenvalue weighted by Crippen LogP contribution is -2.46. The Bertz CT molecular complexity index is 585. The predicted molar refractivity (Wildman–Crippen MR) is 72.0 cm³/mol. The topological polar surface area (TPSA) is 119 Å². The Morgan fingerprint density at radius 1 is 1.29 bits per heavy atom. The Morgan fingerprint density at radius 2 is 1.90 bits per heavy atom. The highest BCUT2D eigenvalue weighted by Gasteiger charge is 2.27. The molecule has 0 aliphatic heterocycles. The van der Waals surface area contributed by atoms with Crippen LogP contribution in [0.25, 0.3) is 0 Å². The van der Waals surface area contributed by atoms with Gasteiger partial charge in [-0.15, -0.1) is 0 Å². The van der Waals surface area contributed by atoms with Crippen LogP contribution < -0.4 is 5.32 Å². The molecular formula is C12H15NO7S. The monoisotopic (exact) mass is 317 g/mol. The van der Waals surface area contributed by atoms with Crippen LogP contribution in [0.15, 0.2) is 30.3 Å². The minimum absolute atomic E-state index is 0.0492. The van der Waals surface area contributed by atoms with Crippen molar-refractivity contribution in [1.82, 2.24) is 5.32 Å². The van der Waals surface area contributed by atoms with Crippen molar-refractivity contribution >= 4 is 22.2 Å². The minimum atomic E-state index is -4.46. The van der Waals surface area contributed by atoms with E-state index in [1.54, 1.807) is 30.3 Å². The lowest BCUT2D eigenvalue weighted by Gasteiger charge is -2.15. The maximum atomic E-state index is 11.5. The van der Waals surface area contributed by atoms with Gasteiger partial charge in [-0.3, -0.25) is 4.55 Å². The number of carbonyl (C=O) groups excluding carboxylic acids is 2. The summed E-state index contributed by atoms with van der Waals surface area (Å²) >= 11 is 0. The van der Waals surface area contributed by atoms with E-state index in [9.17, 15) is 18.0 Å². The van der Waals surface area contributed by atoms with E-state index in [0.29, 0.717) is 0 Å². The van der Waals surface area contributed by atoms with E-state index in [-0.39, 0.29) is 6.61 Å². The van der Waals surface area contributed by atoms with Gasteiger partial charge in [0, 0.05) is 0 Å². The van der Waals surface area contributed by atoms with Crippen LogP contribution in [-0.4, -0.2) is 43.9 Å². The van der Waals surface area contributed by atoms with Crippen molar-refractivity contribution in [3.63, 3.8) is 0 Å². The molecule has 1 aromatic rings. The summed E-state index contributed by atoms with van der Waals surface area (Å²) in [6.45, 7) is -0.0492. The summed E-state index contributed by atoms with van der Waals surface area (Å²) in [5.41, 5.74) is 0.719. The average Bonchev–Trinajstić information content (AvgIpc) is 2.43. The van der Waals surface area contributed by atoms with Crippen LogP contribution in [0.3, 0.4) is 0 Å². The molecule has 21 heavy (non-hydrogen) atoms. The summed E-state index contributed by atoms with van der Waals surface area (Å²) in [7, 11) is -3.44. The van der Waals surface area contributed by atoms with Gasteiger partial charge < -0.3 is 14.8 Å². The van der Waals surface area contributed by atoms with Crippen LogP contribution in [0, 0.1) is 0 Å². The first-order valence-electron chi connectivity index (χ1n) is 5.82. The fourth-order valence-corrected chi connectivity index (χ4v) is 2.07. The van der Waals surface area contributed by atoms with Crippen LogP contribution in [0.5, 0.6) is 0 Å². The van der Waals surface area contributed by atoms with Crippen molar-refractivity contribution in [2.24, 2.45) is 0 Å². The molecule has 116 valence electrons. The van der Waals surface area contributed by atoms with Crippen LogP contribution >= 0.6 is 0 Å². The Labute approximate surface area is 121 Å². The van der Waals surface area contributed by atoms with Gasteiger partial charge in [-0.05, 0) is 5.56 Å². The van der Waals surface area contributed by atoms with Gasteiger partial charge in [-0.2, -0.15) is 8.42 Å². The van der Waals surface area contributed by atoms with Crippen LogP contribution in [-0.2, 0) is 31.0 Å². The fourth-order valence-electron chi connectivity index (χ4n) is 1.43. The zero-order chi connectivity index (χ0) is 15.9. The fraction of sp³-hybridized carbons (Fsp3) is 0.333. The number of hydrogen-bond donors (Lipinski definition) is 2. The van der Waals surface area contributed by atoms with Crippen LogP contribution in [0.1, 0.15) is 5.56 Å². The van der Waals surface area contributed by atoms with Crippen molar-refractivity contribution in [3.05, 3.63) is 35.9 Å². The number of nitrogens with one attached hydrogen (secondary N) is 1. The summed E-state index contributed by atoms with van der Waals surface area (Å²) in [6, 6.07) is 7.21. The van der Waals surface area contributed by atoms with Crippen molar-refractivity contribution in [2.75, 3.05) is 12.9 Å². The SMILES string of the molecule is COC(=O)C(CS(=O)(=O)O)NC(=O)OCc1ccccc1. The molecule has 0 aromatic heterocycles. The van der Waals surface area contributed by atoms with Gasteiger partial charge in [-0.1, -0.05) is 30.3 Å². The minimum Gasteiger partial charge on any atom is -0.467 e. The van der Waals surface area contributed by atoms with Gasteiger partial charge in [0.25, 0.3) is 10.1 Å². The molecule has 1 atom stereocenters. The van der Waals surface area contributed by atoms with E-state index >= 15 is 0 Å². The Kier molecular flexibility index (Phi) is 6.12. The number of esters is 1. The number of benzene rings is 1. The van der Waals surface area contributed by atoms with E-state index < -0.39 is 34.0 Å². The molecule has 0 heterocycles. The van der Waals surface area contributed by atoms with Gasteiger partial charge in [-0.25, -0.2) is 9.59 Å². The number of hydrogen-bond acceptors (Lipinski definition) is 6. The summed E-state index contributed by atoms with van der Waals surface area (Å²) in [6.07, 6.45) is -1.00.